The second-order valence-electron chi connectivity index (χ2n) is 6.56. The molecule has 0 saturated carbocycles. The van der Waals surface area contributed by atoms with E-state index in [1.54, 1.807) is 25.3 Å². The Kier molecular flexibility index (Phi) is 4.71. The molecule has 4 nitrogen and oxygen atoms in total. The van der Waals surface area contributed by atoms with E-state index < -0.39 is 10.0 Å². The number of benzene rings is 2. The number of rotatable bonds is 4. The fourth-order valence-electron chi connectivity index (χ4n) is 2.54. The number of methoxy groups -OCH3 is 1. The molecule has 0 spiro atoms. The Bertz CT molecular complexity index is 788. The normalized spacial score (nSPS) is 12.0. The quantitative estimate of drug-likeness (QED) is 0.916. The maximum atomic E-state index is 12.4. The molecule has 0 saturated heterocycles. The SMILES string of the molecule is COc1ccc(S(=O)(=O)Nc2ccc(C(C)(C)C)c(C)c2)cc1. The molecule has 0 amide bonds. The summed E-state index contributed by atoms with van der Waals surface area (Å²) in [5.41, 5.74) is 2.85. The first-order chi connectivity index (χ1) is 10.6. The fourth-order valence-corrected chi connectivity index (χ4v) is 3.59. The van der Waals surface area contributed by atoms with Gasteiger partial charge in [0.15, 0.2) is 0 Å². The van der Waals surface area contributed by atoms with Crippen molar-refractivity contribution >= 4 is 15.7 Å². The molecule has 0 atom stereocenters. The van der Waals surface area contributed by atoms with Crippen molar-refractivity contribution in [3.63, 3.8) is 0 Å². The van der Waals surface area contributed by atoms with Crippen molar-refractivity contribution in [2.75, 3.05) is 11.8 Å². The maximum Gasteiger partial charge on any atom is 0.261 e. The molecule has 2 rings (SSSR count). The molecule has 0 heterocycles. The van der Waals surface area contributed by atoms with E-state index in [-0.39, 0.29) is 10.3 Å². The third kappa shape index (κ3) is 4.05. The zero-order valence-corrected chi connectivity index (χ0v) is 15.0. The average molecular weight is 333 g/mol. The summed E-state index contributed by atoms with van der Waals surface area (Å²) in [5, 5.41) is 0. The van der Waals surface area contributed by atoms with Gasteiger partial charge < -0.3 is 4.74 Å². The van der Waals surface area contributed by atoms with Gasteiger partial charge in [-0.1, -0.05) is 26.8 Å². The van der Waals surface area contributed by atoms with E-state index in [9.17, 15) is 8.42 Å². The number of hydrogen-bond donors (Lipinski definition) is 1. The summed E-state index contributed by atoms with van der Waals surface area (Å²) in [6.07, 6.45) is 0. The van der Waals surface area contributed by atoms with Crippen LogP contribution in [0.1, 0.15) is 31.9 Å². The number of nitrogens with one attached hydrogen (secondary N) is 1. The van der Waals surface area contributed by atoms with E-state index >= 15 is 0 Å². The minimum absolute atomic E-state index is 0.0253. The third-order valence-corrected chi connectivity index (χ3v) is 5.05. The van der Waals surface area contributed by atoms with Crippen molar-refractivity contribution in [1.29, 1.82) is 0 Å². The highest BCUT2D eigenvalue weighted by Gasteiger charge is 2.18. The molecule has 0 unspecified atom stereocenters. The Morgan fingerprint density at radius 1 is 1.00 bits per heavy atom. The Morgan fingerprint density at radius 3 is 2.09 bits per heavy atom. The summed E-state index contributed by atoms with van der Waals surface area (Å²) in [6, 6.07) is 11.9. The largest absolute Gasteiger partial charge is 0.497 e. The van der Waals surface area contributed by atoms with Crippen LogP contribution in [0.3, 0.4) is 0 Å². The minimum Gasteiger partial charge on any atom is -0.497 e. The summed E-state index contributed by atoms with van der Waals surface area (Å²) in [6.45, 7) is 8.40. The summed E-state index contributed by atoms with van der Waals surface area (Å²) < 4.78 is 32.6. The van der Waals surface area contributed by atoms with Crippen LogP contribution in [0.25, 0.3) is 0 Å². The third-order valence-electron chi connectivity index (χ3n) is 3.66. The van der Waals surface area contributed by atoms with Crippen LogP contribution in [-0.2, 0) is 15.4 Å². The first kappa shape index (κ1) is 17.3. The monoisotopic (exact) mass is 333 g/mol. The topological polar surface area (TPSA) is 55.4 Å². The highest BCUT2D eigenvalue weighted by atomic mass is 32.2. The molecular weight excluding hydrogens is 310 g/mol. The molecule has 0 aliphatic rings. The summed E-state index contributed by atoms with van der Waals surface area (Å²) in [4.78, 5) is 0.204. The van der Waals surface area contributed by atoms with Gasteiger partial charge in [0.2, 0.25) is 0 Å². The fraction of sp³-hybridized carbons (Fsp3) is 0.333. The van der Waals surface area contributed by atoms with Gasteiger partial charge in [-0.05, 0) is 59.9 Å². The molecule has 23 heavy (non-hydrogen) atoms. The molecule has 0 aliphatic carbocycles. The van der Waals surface area contributed by atoms with Crippen LogP contribution in [0.4, 0.5) is 5.69 Å². The smallest absolute Gasteiger partial charge is 0.261 e. The molecule has 0 aromatic heterocycles. The van der Waals surface area contributed by atoms with Crippen molar-refractivity contribution < 1.29 is 13.2 Å². The molecule has 2 aromatic rings. The lowest BCUT2D eigenvalue weighted by Crippen LogP contribution is -2.15. The molecule has 1 N–H and O–H groups in total. The molecular formula is C18H23NO3S. The number of anilines is 1. The van der Waals surface area contributed by atoms with Crippen LogP contribution in [0.2, 0.25) is 0 Å². The van der Waals surface area contributed by atoms with Gasteiger partial charge >= 0.3 is 0 Å². The van der Waals surface area contributed by atoms with Gasteiger partial charge in [0.25, 0.3) is 10.0 Å². The number of aryl methyl sites for hydroxylation is 1. The second-order valence-corrected chi connectivity index (χ2v) is 8.24. The molecule has 0 aliphatic heterocycles. The average Bonchev–Trinajstić information content (AvgIpc) is 2.45. The van der Waals surface area contributed by atoms with E-state index in [4.69, 9.17) is 4.74 Å². The van der Waals surface area contributed by atoms with Crippen LogP contribution in [-0.4, -0.2) is 15.5 Å². The van der Waals surface area contributed by atoms with Crippen LogP contribution in [0, 0.1) is 6.92 Å². The van der Waals surface area contributed by atoms with Crippen LogP contribution < -0.4 is 9.46 Å². The van der Waals surface area contributed by atoms with E-state index in [0.717, 1.165) is 5.56 Å². The van der Waals surface area contributed by atoms with Gasteiger partial charge in [-0.25, -0.2) is 8.42 Å². The van der Waals surface area contributed by atoms with Crippen LogP contribution >= 0.6 is 0 Å². The lowest BCUT2D eigenvalue weighted by molar-refractivity contribution is 0.414. The van der Waals surface area contributed by atoms with E-state index in [1.807, 2.05) is 19.1 Å². The standard InChI is InChI=1S/C18H23NO3S/c1-13-12-14(6-11-17(13)18(2,3)4)19-23(20,21)16-9-7-15(22-5)8-10-16/h6-12,19H,1-5H3. The zero-order valence-electron chi connectivity index (χ0n) is 14.2. The molecule has 0 radical (unpaired) electrons. The summed E-state index contributed by atoms with van der Waals surface area (Å²) >= 11 is 0. The van der Waals surface area contributed by atoms with Gasteiger partial charge in [0, 0.05) is 5.69 Å². The Balaban J connectivity index is 2.28. The van der Waals surface area contributed by atoms with Crippen molar-refractivity contribution in [2.24, 2.45) is 0 Å². The molecule has 0 fully saturated rings. The first-order valence-electron chi connectivity index (χ1n) is 7.41. The summed E-state index contributed by atoms with van der Waals surface area (Å²) in [5.74, 6) is 0.620. The second kappa shape index (κ2) is 6.24. The molecule has 5 heteroatoms. The van der Waals surface area contributed by atoms with Gasteiger partial charge in [0.05, 0.1) is 12.0 Å². The van der Waals surface area contributed by atoms with Crippen molar-refractivity contribution in [2.45, 2.75) is 38.0 Å². The van der Waals surface area contributed by atoms with E-state index in [2.05, 4.69) is 25.5 Å². The van der Waals surface area contributed by atoms with Gasteiger partial charge in [-0.2, -0.15) is 0 Å². The van der Waals surface area contributed by atoms with Crippen molar-refractivity contribution in [1.82, 2.24) is 0 Å². The lowest BCUT2D eigenvalue weighted by atomic mass is 9.84. The first-order valence-corrected chi connectivity index (χ1v) is 8.90. The highest BCUT2D eigenvalue weighted by molar-refractivity contribution is 7.92. The lowest BCUT2D eigenvalue weighted by Gasteiger charge is -2.22. The van der Waals surface area contributed by atoms with Gasteiger partial charge in [0.1, 0.15) is 5.75 Å². The van der Waals surface area contributed by atoms with Crippen LogP contribution in [0.15, 0.2) is 47.4 Å². The number of sulfonamides is 1. The Hall–Kier alpha value is -2.01. The molecule has 0 bridgehead atoms. The number of ether oxygens (including phenoxy) is 1. The predicted octanol–water partition coefficient (Wildman–Crippen LogP) is 4.10. The highest BCUT2D eigenvalue weighted by Crippen LogP contribution is 2.28. The maximum absolute atomic E-state index is 12.4. The van der Waals surface area contributed by atoms with Crippen LogP contribution in [0.5, 0.6) is 5.75 Å². The van der Waals surface area contributed by atoms with E-state index in [0.29, 0.717) is 11.4 Å². The predicted molar refractivity (Wildman–Crippen MR) is 93.7 cm³/mol. The Labute approximate surface area is 138 Å². The minimum atomic E-state index is -3.61. The Morgan fingerprint density at radius 2 is 1.61 bits per heavy atom. The summed E-state index contributed by atoms with van der Waals surface area (Å²) in [7, 11) is -2.07. The zero-order chi connectivity index (χ0) is 17.3. The van der Waals surface area contributed by atoms with Crippen molar-refractivity contribution in [3.05, 3.63) is 53.6 Å². The molecule has 2 aromatic carbocycles. The number of hydrogen-bond acceptors (Lipinski definition) is 3. The van der Waals surface area contributed by atoms with Crippen molar-refractivity contribution in [3.8, 4) is 5.75 Å². The van der Waals surface area contributed by atoms with Gasteiger partial charge in [-0.3, -0.25) is 4.72 Å². The van der Waals surface area contributed by atoms with E-state index in [1.165, 1.54) is 17.7 Å². The molecule has 124 valence electrons. The van der Waals surface area contributed by atoms with Gasteiger partial charge in [-0.15, -0.1) is 0 Å².